The van der Waals surface area contributed by atoms with Gasteiger partial charge in [0.2, 0.25) is 0 Å². The van der Waals surface area contributed by atoms with Gasteiger partial charge in [-0.05, 0) is 12.1 Å². The van der Waals surface area contributed by atoms with Gasteiger partial charge < -0.3 is 10.1 Å². The van der Waals surface area contributed by atoms with Gasteiger partial charge in [-0.2, -0.15) is 0 Å². The SMILES string of the molecule is Bc1ccnc2[nH]c(CC(=O)O)cc12. The predicted octanol–water partition coefficient (Wildman–Crippen LogP) is -0.552. The van der Waals surface area contributed by atoms with E-state index in [9.17, 15) is 4.79 Å². The maximum atomic E-state index is 10.5. The molecule has 0 aliphatic heterocycles. The average Bonchev–Trinajstić information content (AvgIpc) is 2.47. The molecule has 70 valence electrons. The summed E-state index contributed by atoms with van der Waals surface area (Å²) in [6.45, 7) is 0. The van der Waals surface area contributed by atoms with Gasteiger partial charge in [0.15, 0.2) is 0 Å². The van der Waals surface area contributed by atoms with Gasteiger partial charge in [-0.25, -0.2) is 4.98 Å². The number of pyridine rings is 1. The van der Waals surface area contributed by atoms with Crippen molar-refractivity contribution in [2.75, 3.05) is 0 Å². The number of aromatic nitrogens is 2. The molecule has 2 N–H and O–H groups in total. The number of nitrogens with zero attached hydrogens (tertiary/aromatic N) is 1. The minimum absolute atomic E-state index is 0.00972. The van der Waals surface area contributed by atoms with Crippen molar-refractivity contribution in [2.45, 2.75) is 6.42 Å². The zero-order chi connectivity index (χ0) is 10.1. The molecular formula is C9H9BN2O2. The van der Waals surface area contributed by atoms with E-state index < -0.39 is 5.97 Å². The van der Waals surface area contributed by atoms with Gasteiger partial charge in [0.1, 0.15) is 13.5 Å². The van der Waals surface area contributed by atoms with Crippen molar-refractivity contribution >= 4 is 30.3 Å². The first-order valence-corrected chi connectivity index (χ1v) is 4.32. The third-order valence-corrected chi connectivity index (χ3v) is 2.15. The maximum absolute atomic E-state index is 10.5. The number of carboxylic acid groups (broad SMARTS) is 1. The van der Waals surface area contributed by atoms with Crippen LogP contribution in [0.4, 0.5) is 0 Å². The lowest BCUT2D eigenvalue weighted by molar-refractivity contribution is -0.136. The van der Waals surface area contributed by atoms with Crippen LogP contribution in [0.25, 0.3) is 11.0 Å². The molecule has 2 aromatic rings. The van der Waals surface area contributed by atoms with Crippen molar-refractivity contribution < 1.29 is 9.90 Å². The van der Waals surface area contributed by atoms with Gasteiger partial charge in [-0.15, -0.1) is 0 Å². The standard InChI is InChI=1S/C9H9BN2O2/c10-7-1-2-11-9-6(7)3-5(12-9)4-8(13)14/h1-3H,4,10H2,(H,11,12)(H,13,14). The number of carbonyl (C=O) groups is 1. The highest BCUT2D eigenvalue weighted by molar-refractivity contribution is 6.38. The number of aliphatic carboxylic acids is 1. The Balaban J connectivity index is 2.51. The molecule has 4 nitrogen and oxygen atoms in total. The van der Waals surface area contributed by atoms with E-state index in [1.165, 1.54) is 0 Å². The maximum Gasteiger partial charge on any atom is 0.309 e. The topological polar surface area (TPSA) is 66.0 Å². The molecule has 5 heteroatoms. The number of hydrogen-bond donors (Lipinski definition) is 2. The van der Waals surface area contributed by atoms with E-state index in [2.05, 4.69) is 9.97 Å². The van der Waals surface area contributed by atoms with Crippen LogP contribution >= 0.6 is 0 Å². The highest BCUT2D eigenvalue weighted by Crippen LogP contribution is 2.10. The summed E-state index contributed by atoms with van der Waals surface area (Å²) in [4.78, 5) is 17.6. The monoisotopic (exact) mass is 188 g/mol. The molecular weight excluding hydrogens is 179 g/mol. The highest BCUT2D eigenvalue weighted by atomic mass is 16.4. The van der Waals surface area contributed by atoms with Crippen molar-refractivity contribution in [1.82, 2.24) is 9.97 Å². The van der Waals surface area contributed by atoms with Crippen molar-refractivity contribution in [3.05, 3.63) is 24.0 Å². The van der Waals surface area contributed by atoms with Gasteiger partial charge in [-0.3, -0.25) is 4.79 Å². The molecule has 0 aromatic carbocycles. The molecule has 2 heterocycles. The molecule has 0 bridgehead atoms. The largest absolute Gasteiger partial charge is 0.481 e. The first kappa shape index (κ1) is 8.81. The van der Waals surface area contributed by atoms with E-state index in [1.807, 2.05) is 20.0 Å². The second-order valence-corrected chi connectivity index (χ2v) is 3.26. The third kappa shape index (κ3) is 1.48. The Kier molecular flexibility index (Phi) is 2.00. The number of nitrogens with one attached hydrogen (secondary N) is 1. The lowest BCUT2D eigenvalue weighted by atomic mass is 9.94. The fourth-order valence-corrected chi connectivity index (χ4v) is 1.47. The Bertz CT molecular complexity index is 493. The van der Waals surface area contributed by atoms with Crippen LogP contribution in [0, 0.1) is 0 Å². The molecule has 0 fully saturated rings. The van der Waals surface area contributed by atoms with E-state index in [4.69, 9.17) is 5.11 Å². The summed E-state index contributed by atoms with van der Waals surface area (Å²) in [5.41, 5.74) is 2.54. The fourth-order valence-electron chi connectivity index (χ4n) is 1.47. The van der Waals surface area contributed by atoms with Crippen LogP contribution in [0.15, 0.2) is 18.3 Å². The highest BCUT2D eigenvalue weighted by Gasteiger charge is 2.06. The molecule has 0 aliphatic carbocycles. The Labute approximate surface area is 81.4 Å². The fraction of sp³-hybridized carbons (Fsp3) is 0.111. The van der Waals surface area contributed by atoms with E-state index in [-0.39, 0.29) is 6.42 Å². The first-order chi connectivity index (χ1) is 6.66. The van der Waals surface area contributed by atoms with Crippen LogP contribution in [0.3, 0.4) is 0 Å². The quantitative estimate of drug-likeness (QED) is 0.621. The predicted molar refractivity (Wildman–Crippen MR) is 55.6 cm³/mol. The Morgan fingerprint density at radius 3 is 3.07 bits per heavy atom. The van der Waals surface area contributed by atoms with E-state index in [1.54, 1.807) is 6.20 Å². The van der Waals surface area contributed by atoms with Crippen LogP contribution in [0.2, 0.25) is 0 Å². The van der Waals surface area contributed by atoms with Crippen LogP contribution < -0.4 is 5.46 Å². The van der Waals surface area contributed by atoms with Gasteiger partial charge in [-0.1, -0.05) is 5.46 Å². The number of H-pyrrole nitrogens is 1. The molecule has 0 unspecified atom stereocenters. The van der Waals surface area contributed by atoms with Crippen molar-refractivity contribution in [3.63, 3.8) is 0 Å². The summed E-state index contributed by atoms with van der Waals surface area (Å²) in [6.07, 6.45) is 1.72. The van der Waals surface area contributed by atoms with E-state index >= 15 is 0 Å². The van der Waals surface area contributed by atoms with Gasteiger partial charge in [0.25, 0.3) is 0 Å². The molecule has 0 aliphatic rings. The molecule has 0 radical (unpaired) electrons. The summed E-state index contributed by atoms with van der Waals surface area (Å²) in [6, 6.07) is 3.74. The summed E-state index contributed by atoms with van der Waals surface area (Å²) in [5.74, 6) is -0.839. The molecule has 0 saturated heterocycles. The lowest BCUT2D eigenvalue weighted by Gasteiger charge is -1.91. The van der Waals surface area contributed by atoms with Gasteiger partial charge in [0, 0.05) is 17.3 Å². The van der Waals surface area contributed by atoms with Crippen LogP contribution in [0.1, 0.15) is 5.69 Å². The van der Waals surface area contributed by atoms with Crippen LogP contribution in [0.5, 0.6) is 0 Å². The number of rotatable bonds is 2. The average molecular weight is 188 g/mol. The third-order valence-electron chi connectivity index (χ3n) is 2.15. The van der Waals surface area contributed by atoms with Crippen molar-refractivity contribution in [1.29, 1.82) is 0 Å². The number of aromatic amines is 1. The van der Waals surface area contributed by atoms with E-state index in [0.717, 1.165) is 16.5 Å². The number of fused-ring (bicyclic) bond motifs is 1. The second kappa shape index (κ2) is 3.18. The molecule has 0 atom stereocenters. The first-order valence-electron chi connectivity index (χ1n) is 4.32. The van der Waals surface area contributed by atoms with E-state index in [0.29, 0.717) is 5.69 Å². The minimum Gasteiger partial charge on any atom is -0.481 e. The Hall–Kier alpha value is -1.78. The zero-order valence-electron chi connectivity index (χ0n) is 7.74. The molecule has 0 amide bonds. The second-order valence-electron chi connectivity index (χ2n) is 3.26. The lowest BCUT2D eigenvalue weighted by Crippen LogP contribution is -2.02. The minimum atomic E-state index is -0.839. The smallest absolute Gasteiger partial charge is 0.309 e. The molecule has 0 spiro atoms. The Morgan fingerprint density at radius 2 is 2.43 bits per heavy atom. The van der Waals surface area contributed by atoms with Gasteiger partial charge in [0.05, 0.1) is 6.42 Å². The normalized spacial score (nSPS) is 10.6. The summed E-state index contributed by atoms with van der Waals surface area (Å²) in [5, 5.41) is 9.61. The van der Waals surface area contributed by atoms with Gasteiger partial charge >= 0.3 is 5.97 Å². The van der Waals surface area contributed by atoms with Crippen LogP contribution in [-0.2, 0) is 11.2 Å². The number of hydrogen-bond acceptors (Lipinski definition) is 2. The summed E-state index contributed by atoms with van der Waals surface area (Å²) in [7, 11) is 1.97. The van der Waals surface area contributed by atoms with Crippen molar-refractivity contribution in [3.8, 4) is 0 Å². The van der Waals surface area contributed by atoms with Crippen molar-refractivity contribution in [2.24, 2.45) is 0 Å². The molecule has 2 aromatic heterocycles. The molecule has 14 heavy (non-hydrogen) atoms. The van der Waals surface area contributed by atoms with Crippen LogP contribution in [-0.4, -0.2) is 28.9 Å². The summed E-state index contributed by atoms with van der Waals surface area (Å²) >= 11 is 0. The molecule has 2 rings (SSSR count). The zero-order valence-corrected chi connectivity index (χ0v) is 7.74. The molecule has 0 saturated carbocycles. The Morgan fingerprint density at radius 1 is 1.64 bits per heavy atom. The summed E-state index contributed by atoms with van der Waals surface area (Å²) < 4.78 is 0. The number of carboxylic acids is 1.